The second-order valence-corrected chi connectivity index (χ2v) is 5.66. The number of carbonyl (C=O) groups is 1. The lowest BCUT2D eigenvalue weighted by Gasteiger charge is -2.35. The van der Waals surface area contributed by atoms with Crippen LogP contribution in [0.25, 0.3) is 0 Å². The van der Waals surface area contributed by atoms with E-state index in [2.05, 4.69) is 0 Å². The number of benzene rings is 1. The number of amides is 1. The number of nitrogens with zero attached hydrogens (tertiary/aromatic N) is 1. The van der Waals surface area contributed by atoms with Gasteiger partial charge in [0.2, 0.25) is 0 Å². The van der Waals surface area contributed by atoms with E-state index in [4.69, 9.17) is 9.47 Å². The summed E-state index contributed by atoms with van der Waals surface area (Å²) < 4.78 is 11.3. The second kappa shape index (κ2) is 6.27. The highest BCUT2D eigenvalue weighted by atomic mass is 16.5. The van der Waals surface area contributed by atoms with Crippen molar-refractivity contribution < 1.29 is 14.3 Å². The van der Waals surface area contributed by atoms with Gasteiger partial charge < -0.3 is 14.4 Å². The van der Waals surface area contributed by atoms with Crippen molar-refractivity contribution in [2.75, 3.05) is 13.1 Å². The molecule has 1 heterocycles. The quantitative estimate of drug-likeness (QED) is 0.852. The van der Waals surface area contributed by atoms with E-state index < -0.39 is 0 Å². The molecular weight excluding hydrogens is 254 g/mol. The van der Waals surface area contributed by atoms with Crippen molar-refractivity contribution in [1.29, 1.82) is 0 Å². The van der Waals surface area contributed by atoms with E-state index in [0.29, 0.717) is 18.7 Å². The third kappa shape index (κ3) is 3.73. The van der Waals surface area contributed by atoms with Crippen molar-refractivity contribution >= 4 is 5.91 Å². The van der Waals surface area contributed by atoms with Gasteiger partial charge in [-0.15, -0.1) is 0 Å². The Morgan fingerprint density at radius 3 is 2.55 bits per heavy atom. The Balaban J connectivity index is 2.12. The number of morpholine rings is 1. The molecule has 4 heteroatoms. The van der Waals surface area contributed by atoms with Crippen LogP contribution in [0.3, 0.4) is 0 Å². The van der Waals surface area contributed by atoms with E-state index in [1.165, 1.54) is 0 Å². The Morgan fingerprint density at radius 2 is 1.95 bits per heavy atom. The van der Waals surface area contributed by atoms with Crippen molar-refractivity contribution in [1.82, 2.24) is 4.90 Å². The highest BCUT2D eigenvalue weighted by Gasteiger charge is 2.26. The van der Waals surface area contributed by atoms with Crippen LogP contribution in [0.1, 0.15) is 38.1 Å². The smallest absolute Gasteiger partial charge is 0.254 e. The summed E-state index contributed by atoms with van der Waals surface area (Å²) in [6, 6.07) is 7.38. The van der Waals surface area contributed by atoms with Gasteiger partial charge in [0.25, 0.3) is 5.91 Å². The van der Waals surface area contributed by atoms with Crippen LogP contribution in [0, 0.1) is 0 Å². The van der Waals surface area contributed by atoms with Gasteiger partial charge in [-0.25, -0.2) is 0 Å². The molecule has 0 radical (unpaired) electrons. The zero-order chi connectivity index (χ0) is 14.7. The fraction of sp³-hybridized carbons (Fsp3) is 0.562. The minimum Gasteiger partial charge on any atom is -0.491 e. The molecule has 4 nitrogen and oxygen atoms in total. The van der Waals surface area contributed by atoms with Crippen LogP contribution < -0.4 is 4.74 Å². The minimum atomic E-state index is 0.0428. The Labute approximate surface area is 120 Å². The van der Waals surface area contributed by atoms with Crippen LogP contribution in [0.5, 0.6) is 5.75 Å². The number of rotatable bonds is 3. The Kier molecular flexibility index (Phi) is 4.65. The molecule has 1 saturated heterocycles. The first-order chi connectivity index (χ1) is 9.45. The molecule has 0 N–H and O–H groups in total. The molecule has 0 unspecified atom stereocenters. The molecule has 2 rings (SSSR count). The molecule has 2 atom stereocenters. The predicted molar refractivity (Wildman–Crippen MR) is 78.1 cm³/mol. The molecule has 0 spiro atoms. The first-order valence-electron chi connectivity index (χ1n) is 7.17. The SMILES string of the molecule is CC(C)Oc1cccc(C(=O)N2C[C@H](C)O[C@@H](C)C2)c1. The molecule has 110 valence electrons. The normalized spacial score (nSPS) is 22.9. The van der Waals surface area contributed by atoms with Crippen molar-refractivity contribution in [3.8, 4) is 5.75 Å². The summed E-state index contributed by atoms with van der Waals surface area (Å²) in [5, 5.41) is 0. The van der Waals surface area contributed by atoms with E-state index in [-0.39, 0.29) is 24.2 Å². The molecule has 1 aliphatic heterocycles. The third-order valence-corrected chi connectivity index (χ3v) is 3.16. The first-order valence-corrected chi connectivity index (χ1v) is 7.17. The number of hydrogen-bond acceptors (Lipinski definition) is 3. The Morgan fingerprint density at radius 1 is 1.30 bits per heavy atom. The van der Waals surface area contributed by atoms with Gasteiger partial charge in [0.1, 0.15) is 5.75 Å². The molecule has 1 aromatic rings. The number of ether oxygens (including phenoxy) is 2. The van der Waals surface area contributed by atoms with E-state index >= 15 is 0 Å². The maximum atomic E-state index is 12.5. The van der Waals surface area contributed by atoms with Crippen LogP contribution in [-0.4, -0.2) is 42.2 Å². The van der Waals surface area contributed by atoms with Crippen molar-refractivity contribution in [3.63, 3.8) is 0 Å². The van der Waals surface area contributed by atoms with E-state index in [1.54, 1.807) is 0 Å². The number of carbonyl (C=O) groups excluding carboxylic acids is 1. The fourth-order valence-electron chi connectivity index (χ4n) is 2.50. The van der Waals surface area contributed by atoms with E-state index in [1.807, 2.05) is 56.9 Å². The summed E-state index contributed by atoms with van der Waals surface area (Å²) in [5.74, 6) is 0.779. The average Bonchev–Trinajstić information content (AvgIpc) is 2.36. The van der Waals surface area contributed by atoms with Crippen molar-refractivity contribution in [2.24, 2.45) is 0 Å². The molecule has 0 aliphatic carbocycles. The standard InChI is InChI=1S/C16H23NO3/c1-11(2)19-15-7-5-6-14(8-15)16(18)17-9-12(3)20-13(4)10-17/h5-8,11-13H,9-10H2,1-4H3/t12-,13-/m0/s1. The Bertz CT molecular complexity index is 463. The molecule has 0 bridgehead atoms. The van der Waals surface area contributed by atoms with Gasteiger partial charge in [-0.2, -0.15) is 0 Å². The molecular formula is C16H23NO3. The van der Waals surface area contributed by atoms with Gasteiger partial charge in [0.05, 0.1) is 18.3 Å². The summed E-state index contributed by atoms with van der Waals surface area (Å²) in [6.45, 7) is 9.21. The van der Waals surface area contributed by atoms with E-state index in [0.717, 1.165) is 5.75 Å². The first kappa shape index (κ1) is 14.9. The summed E-state index contributed by atoms with van der Waals surface area (Å²) in [4.78, 5) is 14.4. The predicted octanol–water partition coefficient (Wildman–Crippen LogP) is 2.72. The average molecular weight is 277 g/mol. The molecule has 1 amide bonds. The van der Waals surface area contributed by atoms with Crippen LogP contribution in [0.4, 0.5) is 0 Å². The Hall–Kier alpha value is -1.55. The zero-order valence-corrected chi connectivity index (χ0v) is 12.6. The van der Waals surface area contributed by atoms with Crippen LogP contribution in [0.15, 0.2) is 24.3 Å². The lowest BCUT2D eigenvalue weighted by atomic mass is 10.1. The highest BCUT2D eigenvalue weighted by Crippen LogP contribution is 2.19. The topological polar surface area (TPSA) is 38.8 Å². The van der Waals surface area contributed by atoms with Crippen molar-refractivity contribution in [3.05, 3.63) is 29.8 Å². The largest absolute Gasteiger partial charge is 0.491 e. The monoisotopic (exact) mass is 277 g/mol. The van der Waals surface area contributed by atoms with Gasteiger partial charge in [0.15, 0.2) is 0 Å². The molecule has 20 heavy (non-hydrogen) atoms. The third-order valence-electron chi connectivity index (χ3n) is 3.16. The molecule has 0 saturated carbocycles. The van der Waals surface area contributed by atoms with Gasteiger partial charge in [0, 0.05) is 18.7 Å². The summed E-state index contributed by atoms with van der Waals surface area (Å²) >= 11 is 0. The molecule has 0 aromatic heterocycles. The maximum Gasteiger partial charge on any atom is 0.254 e. The highest BCUT2D eigenvalue weighted by molar-refractivity contribution is 5.94. The summed E-state index contributed by atoms with van der Waals surface area (Å²) in [5.41, 5.74) is 0.671. The summed E-state index contributed by atoms with van der Waals surface area (Å²) in [7, 11) is 0. The van der Waals surface area contributed by atoms with Gasteiger partial charge in [-0.05, 0) is 45.9 Å². The maximum absolute atomic E-state index is 12.5. The zero-order valence-electron chi connectivity index (χ0n) is 12.6. The molecule has 1 fully saturated rings. The molecule has 1 aliphatic rings. The van der Waals surface area contributed by atoms with Gasteiger partial charge in [-0.3, -0.25) is 4.79 Å². The van der Waals surface area contributed by atoms with Crippen LogP contribution in [0.2, 0.25) is 0 Å². The van der Waals surface area contributed by atoms with Gasteiger partial charge >= 0.3 is 0 Å². The van der Waals surface area contributed by atoms with Crippen molar-refractivity contribution in [2.45, 2.75) is 46.0 Å². The fourth-order valence-corrected chi connectivity index (χ4v) is 2.50. The lowest BCUT2D eigenvalue weighted by molar-refractivity contribution is -0.0586. The second-order valence-electron chi connectivity index (χ2n) is 5.66. The summed E-state index contributed by atoms with van der Waals surface area (Å²) in [6.07, 6.45) is 0.263. The van der Waals surface area contributed by atoms with Gasteiger partial charge in [-0.1, -0.05) is 6.07 Å². The van der Waals surface area contributed by atoms with Crippen LogP contribution >= 0.6 is 0 Å². The minimum absolute atomic E-state index is 0.0428. The lowest BCUT2D eigenvalue weighted by Crippen LogP contribution is -2.48. The van der Waals surface area contributed by atoms with E-state index in [9.17, 15) is 4.79 Å². The molecule has 1 aromatic carbocycles. The number of hydrogen-bond donors (Lipinski definition) is 0. The van der Waals surface area contributed by atoms with Crippen LogP contribution in [-0.2, 0) is 4.74 Å².